The molecule has 3 rings (SSSR count). The van der Waals surface area contributed by atoms with Crippen molar-refractivity contribution >= 4 is 23.5 Å². The fraction of sp³-hybridized carbons (Fsp3) is 0.550. The quantitative estimate of drug-likeness (QED) is 0.416. The Kier molecular flexibility index (Phi) is 6.58. The Labute approximate surface area is 159 Å². The van der Waals surface area contributed by atoms with Gasteiger partial charge in [0, 0.05) is 0 Å². The first-order chi connectivity index (χ1) is 13.1. The SMILES string of the molecule is CCCCOC(=O)Cc1ccc(N2C(=O)C[C@@H]([NH+]3CCOCC3)C2=O)cc1. The fourth-order valence-corrected chi connectivity index (χ4v) is 3.52. The number of benzene rings is 1. The molecule has 1 aromatic rings. The Bertz CT molecular complexity index is 682. The second-order valence-corrected chi connectivity index (χ2v) is 7.01. The minimum Gasteiger partial charge on any atom is -0.465 e. The van der Waals surface area contributed by atoms with Crippen molar-refractivity contribution < 1.29 is 28.8 Å². The number of nitrogens with zero attached hydrogens (tertiary/aromatic N) is 1. The Morgan fingerprint density at radius 1 is 1.22 bits per heavy atom. The number of carbonyl (C=O) groups is 3. The molecule has 0 spiro atoms. The van der Waals surface area contributed by atoms with E-state index in [1.807, 2.05) is 6.92 Å². The number of nitrogens with one attached hydrogen (secondary N) is 1. The maximum Gasteiger partial charge on any atom is 0.310 e. The van der Waals surface area contributed by atoms with Crippen LogP contribution in [-0.4, -0.2) is 56.7 Å². The maximum atomic E-state index is 12.8. The van der Waals surface area contributed by atoms with Gasteiger partial charge in [-0.1, -0.05) is 25.5 Å². The molecule has 0 unspecified atom stereocenters. The van der Waals surface area contributed by atoms with E-state index in [0.717, 1.165) is 36.4 Å². The van der Waals surface area contributed by atoms with Crippen molar-refractivity contribution in [1.29, 1.82) is 0 Å². The molecule has 1 atom stereocenters. The molecule has 27 heavy (non-hydrogen) atoms. The summed E-state index contributed by atoms with van der Waals surface area (Å²) in [5.74, 6) is -0.583. The van der Waals surface area contributed by atoms with Gasteiger partial charge in [-0.2, -0.15) is 0 Å². The number of unbranched alkanes of at least 4 members (excludes halogenated alkanes) is 1. The van der Waals surface area contributed by atoms with Crippen molar-refractivity contribution in [3.63, 3.8) is 0 Å². The van der Waals surface area contributed by atoms with Gasteiger partial charge >= 0.3 is 5.97 Å². The number of imide groups is 1. The first-order valence-corrected chi connectivity index (χ1v) is 9.64. The number of carbonyl (C=O) groups excluding carboxylic acids is 3. The molecule has 146 valence electrons. The van der Waals surface area contributed by atoms with Crippen LogP contribution >= 0.6 is 0 Å². The number of anilines is 1. The van der Waals surface area contributed by atoms with Gasteiger partial charge in [0.25, 0.3) is 5.91 Å². The van der Waals surface area contributed by atoms with E-state index in [4.69, 9.17) is 9.47 Å². The molecule has 0 bridgehead atoms. The highest BCUT2D eigenvalue weighted by atomic mass is 16.5. The lowest BCUT2D eigenvalue weighted by Gasteiger charge is -2.27. The zero-order valence-corrected chi connectivity index (χ0v) is 15.7. The number of morpholine rings is 1. The van der Waals surface area contributed by atoms with Gasteiger partial charge in [-0.05, 0) is 24.1 Å². The van der Waals surface area contributed by atoms with Crippen molar-refractivity contribution in [3.05, 3.63) is 29.8 Å². The molecule has 7 nitrogen and oxygen atoms in total. The van der Waals surface area contributed by atoms with E-state index >= 15 is 0 Å². The zero-order valence-electron chi connectivity index (χ0n) is 15.7. The topological polar surface area (TPSA) is 77.3 Å². The van der Waals surface area contributed by atoms with E-state index in [-0.39, 0.29) is 36.7 Å². The van der Waals surface area contributed by atoms with Crippen molar-refractivity contribution in [1.82, 2.24) is 0 Å². The molecule has 2 aliphatic rings. The molecule has 0 radical (unpaired) electrons. The normalized spacial score (nSPS) is 20.9. The largest absolute Gasteiger partial charge is 0.465 e. The Balaban J connectivity index is 1.61. The number of quaternary nitrogens is 1. The third kappa shape index (κ3) is 4.73. The van der Waals surface area contributed by atoms with E-state index in [1.54, 1.807) is 24.3 Å². The van der Waals surface area contributed by atoms with Gasteiger partial charge in [0.2, 0.25) is 5.91 Å². The van der Waals surface area contributed by atoms with Gasteiger partial charge in [-0.15, -0.1) is 0 Å². The van der Waals surface area contributed by atoms with Gasteiger partial charge in [-0.3, -0.25) is 14.4 Å². The average molecular weight is 375 g/mol. The Hall–Kier alpha value is -2.25. The van der Waals surface area contributed by atoms with Gasteiger partial charge in [0.05, 0.1) is 38.3 Å². The highest BCUT2D eigenvalue weighted by Crippen LogP contribution is 2.22. The number of hydrogen-bond donors (Lipinski definition) is 1. The van der Waals surface area contributed by atoms with Crippen LogP contribution in [0.3, 0.4) is 0 Å². The summed E-state index contributed by atoms with van der Waals surface area (Å²) in [6.45, 7) is 5.22. The predicted octanol–water partition coefficient (Wildman–Crippen LogP) is 0.119. The van der Waals surface area contributed by atoms with Crippen LogP contribution < -0.4 is 9.80 Å². The van der Waals surface area contributed by atoms with E-state index in [1.165, 1.54) is 4.90 Å². The van der Waals surface area contributed by atoms with E-state index in [0.29, 0.717) is 25.5 Å². The zero-order chi connectivity index (χ0) is 19.2. The summed E-state index contributed by atoms with van der Waals surface area (Å²) in [6, 6.07) is 6.66. The molecular weight excluding hydrogens is 348 g/mol. The summed E-state index contributed by atoms with van der Waals surface area (Å²) in [5.41, 5.74) is 1.36. The third-order valence-corrected chi connectivity index (χ3v) is 5.08. The number of ether oxygens (including phenoxy) is 2. The summed E-state index contributed by atoms with van der Waals surface area (Å²) < 4.78 is 10.5. The molecule has 2 heterocycles. The summed E-state index contributed by atoms with van der Waals surface area (Å²) in [6.07, 6.45) is 2.26. The Morgan fingerprint density at radius 2 is 1.93 bits per heavy atom. The monoisotopic (exact) mass is 375 g/mol. The van der Waals surface area contributed by atoms with Gasteiger partial charge in [0.15, 0.2) is 6.04 Å². The van der Waals surface area contributed by atoms with Crippen LogP contribution in [0, 0.1) is 0 Å². The number of hydrogen-bond acceptors (Lipinski definition) is 5. The fourth-order valence-electron chi connectivity index (χ4n) is 3.52. The lowest BCUT2D eigenvalue weighted by Crippen LogP contribution is -3.18. The molecule has 1 N–H and O–H groups in total. The summed E-state index contributed by atoms with van der Waals surface area (Å²) in [7, 11) is 0. The van der Waals surface area contributed by atoms with Crippen molar-refractivity contribution in [2.24, 2.45) is 0 Å². The summed E-state index contributed by atoms with van der Waals surface area (Å²) in [4.78, 5) is 39.4. The van der Waals surface area contributed by atoms with Crippen LogP contribution in [0.1, 0.15) is 31.7 Å². The van der Waals surface area contributed by atoms with Crippen LogP contribution in [-0.2, 0) is 30.3 Å². The van der Waals surface area contributed by atoms with Crippen LogP contribution in [0.25, 0.3) is 0 Å². The molecule has 0 saturated carbocycles. The molecule has 2 saturated heterocycles. The number of rotatable bonds is 7. The lowest BCUT2D eigenvalue weighted by molar-refractivity contribution is -0.922. The first kappa shape index (κ1) is 19.5. The van der Waals surface area contributed by atoms with E-state index in [9.17, 15) is 14.4 Å². The van der Waals surface area contributed by atoms with Gasteiger partial charge in [-0.25, -0.2) is 4.90 Å². The van der Waals surface area contributed by atoms with Crippen LogP contribution in [0.2, 0.25) is 0 Å². The molecule has 7 heteroatoms. The summed E-state index contributed by atoms with van der Waals surface area (Å²) in [5, 5.41) is 0. The van der Waals surface area contributed by atoms with Gasteiger partial charge in [0.1, 0.15) is 13.1 Å². The molecule has 2 aliphatic heterocycles. The third-order valence-electron chi connectivity index (χ3n) is 5.08. The molecule has 2 amide bonds. The van der Waals surface area contributed by atoms with Crippen molar-refractivity contribution in [2.45, 2.75) is 38.6 Å². The van der Waals surface area contributed by atoms with Crippen LogP contribution in [0.4, 0.5) is 5.69 Å². The minimum atomic E-state index is -0.324. The summed E-state index contributed by atoms with van der Waals surface area (Å²) >= 11 is 0. The molecular formula is C20H27N2O5+. The standard InChI is InChI=1S/C20H26N2O5/c1-2-3-10-27-19(24)13-15-4-6-16(7-5-15)22-18(23)14-17(20(22)25)21-8-11-26-12-9-21/h4-7,17H,2-3,8-14H2,1H3/p+1/t17-/m1/s1. The van der Waals surface area contributed by atoms with Crippen LogP contribution in [0.15, 0.2) is 24.3 Å². The Morgan fingerprint density at radius 3 is 2.59 bits per heavy atom. The number of amides is 2. The van der Waals surface area contributed by atoms with Gasteiger partial charge < -0.3 is 14.4 Å². The van der Waals surface area contributed by atoms with Crippen molar-refractivity contribution in [2.75, 3.05) is 37.8 Å². The highest BCUT2D eigenvalue weighted by Gasteiger charge is 2.46. The minimum absolute atomic E-state index is 0.149. The van der Waals surface area contributed by atoms with E-state index in [2.05, 4.69) is 0 Å². The molecule has 0 aliphatic carbocycles. The number of esters is 1. The first-order valence-electron chi connectivity index (χ1n) is 9.64. The van der Waals surface area contributed by atoms with E-state index < -0.39 is 0 Å². The lowest BCUT2D eigenvalue weighted by atomic mass is 10.1. The van der Waals surface area contributed by atoms with Crippen LogP contribution in [0.5, 0.6) is 0 Å². The highest BCUT2D eigenvalue weighted by molar-refractivity contribution is 6.21. The smallest absolute Gasteiger partial charge is 0.310 e. The van der Waals surface area contributed by atoms with Crippen molar-refractivity contribution in [3.8, 4) is 0 Å². The predicted molar refractivity (Wildman–Crippen MR) is 98.4 cm³/mol. The second-order valence-electron chi connectivity index (χ2n) is 7.01. The second kappa shape index (κ2) is 9.10. The molecule has 2 fully saturated rings. The average Bonchev–Trinajstić information content (AvgIpc) is 2.98. The molecule has 0 aromatic heterocycles. The molecule has 1 aromatic carbocycles. The maximum absolute atomic E-state index is 12.8.